The third-order valence-electron chi connectivity index (χ3n) is 2.47. The summed E-state index contributed by atoms with van der Waals surface area (Å²) in [5.74, 6) is 0. The molecule has 0 saturated heterocycles. The van der Waals surface area contributed by atoms with E-state index in [0.717, 1.165) is 0 Å². The molecule has 0 aliphatic rings. The maximum absolute atomic E-state index is 10.5. The number of nitrogens with two attached hydrogens (primary N) is 1. The van der Waals surface area contributed by atoms with Gasteiger partial charge in [0.05, 0.1) is 11.4 Å². The summed E-state index contributed by atoms with van der Waals surface area (Å²) in [7, 11) is 0. The fourth-order valence-electron chi connectivity index (χ4n) is 1.56. The third kappa shape index (κ3) is 1.80. The second-order valence-corrected chi connectivity index (χ2v) is 3.49. The van der Waals surface area contributed by atoms with Crippen molar-refractivity contribution in [1.29, 1.82) is 0 Å². The summed E-state index contributed by atoms with van der Waals surface area (Å²) in [5, 5.41) is 10.5. The van der Waals surface area contributed by atoms with Crippen molar-refractivity contribution in [2.75, 3.05) is 6.54 Å². The highest BCUT2D eigenvalue weighted by Crippen LogP contribution is 2.24. The Morgan fingerprint density at radius 2 is 1.50 bits per heavy atom. The smallest absolute Gasteiger partial charge is 0.160 e. The highest BCUT2D eigenvalue weighted by molar-refractivity contribution is 5.27. The van der Waals surface area contributed by atoms with Gasteiger partial charge in [-0.2, -0.15) is 0 Å². The van der Waals surface area contributed by atoms with E-state index in [2.05, 4.69) is 9.97 Å². The Kier molecular flexibility index (Phi) is 2.94. The van der Waals surface area contributed by atoms with Crippen LogP contribution in [0.25, 0.3) is 0 Å². The van der Waals surface area contributed by atoms with Crippen molar-refractivity contribution in [1.82, 2.24) is 9.97 Å². The molecule has 0 amide bonds. The van der Waals surface area contributed by atoms with Crippen LogP contribution in [-0.4, -0.2) is 21.6 Å². The zero-order valence-electron chi connectivity index (χ0n) is 8.74. The van der Waals surface area contributed by atoms with Crippen molar-refractivity contribution in [3.63, 3.8) is 0 Å². The largest absolute Gasteiger partial charge is 0.376 e. The number of nitrogens with zero attached hydrogens (tertiary/aromatic N) is 2. The van der Waals surface area contributed by atoms with Crippen LogP contribution in [-0.2, 0) is 5.60 Å². The lowest BCUT2D eigenvalue weighted by Gasteiger charge is -2.25. The van der Waals surface area contributed by atoms with E-state index < -0.39 is 5.60 Å². The van der Waals surface area contributed by atoms with Gasteiger partial charge in [-0.25, -0.2) is 0 Å². The molecule has 4 heteroatoms. The normalized spacial score (nSPS) is 11.4. The molecule has 3 N–H and O–H groups in total. The van der Waals surface area contributed by atoms with Crippen molar-refractivity contribution in [3.05, 3.63) is 60.2 Å². The molecule has 0 aromatic carbocycles. The van der Waals surface area contributed by atoms with Crippen LogP contribution < -0.4 is 5.73 Å². The van der Waals surface area contributed by atoms with Crippen molar-refractivity contribution in [2.24, 2.45) is 5.73 Å². The highest BCUT2D eigenvalue weighted by atomic mass is 16.3. The van der Waals surface area contributed by atoms with Gasteiger partial charge in [0.2, 0.25) is 0 Å². The summed E-state index contributed by atoms with van der Waals surface area (Å²) in [5.41, 5.74) is 5.34. The van der Waals surface area contributed by atoms with Crippen molar-refractivity contribution >= 4 is 0 Å². The molecular weight excluding hydrogens is 202 g/mol. The Hall–Kier alpha value is -1.78. The van der Waals surface area contributed by atoms with Crippen molar-refractivity contribution in [2.45, 2.75) is 5.60 Å². The Bertz CT molecular complexity index is 405. The van der Waals surface area contributed by atoms with E-state index in [9.17, 15) is 5.11 Å². The molecule has 2 aromatic rings. The van der Waals surface area contributed by atoms with Gasteiger partial charge in [-0.3, -0.25) is 9.97 Å². The lowest BCUT2D eigenvalue weighted by molar-refractivity contribution is 0.0809. The van der Waals surface area contributed by atoms with Crippen molar-refractivity contribution < 1.29 is 5.11 Å². The van der Waals surface area contributed by atoms with Gasteiger partial charge in [0, 0.05) is 18.9 Å². The van der Waals surface area contributed by atoms with Crippen LogP contribution in [0, 0.1) is 0 Å². The quantitative estimate of drug-likeness (QED) is 0.789. The molecule has 0 fully saturated rings. The average Bonchev–Trinajstić information content (AvgIpc) is 2.40. The van der Waals surface area contributed by atoms with Gasteiger partial charge in [-0.15, -0.1) is 0 Å². The van der Waals surface area contributed by atoms with Gasteiger partial charge in [0.25, 0.3) is 0 Å². The Morgan fingerprint density at radius 1 is 1.00 bits per heavy atom. The monoisotopic (exact) mass is 215 g/mol. The van der Waals surface area contributed by atoms with Crippen LogP contribution in [0.15, 0.2) is 48.8 Å². The first kappa shape index (κ1) is 10.7. The first-order valence-corrected chi connectivity index (χ1v) is 5.03. The maximum Gasteiger partial charge on any atom is 0.160 e. The summed E-state index contributed by atoms with van der Waals surface area (Å²) >= 11 is 0. The first-order valence-electron chi connectivity index (χ1n) is 5.03. The second-order valence-electron chi connectivity index (χ2n) is 3.49. The summed E-state index contributed by atoms with van der Waals surface area (Å²) in [6.07, 6.45) is 3.25. The van der Waals surface area contributed by atoms with Crippen molar-refractivity contribution in [3.8, 4) is 0 Å². The minimum atomic E-state index is -1.32. The predicted molar refractivity (Wildman–Crippen MR) is 60.5 cm³/mol. The molecular formula is C12H13N3O. The number of aliphatic hydroxyl groups is 1. The van der Waals surface area contributed by atoms with Gasteiger partial charge in [0.1, 0.15) is 0 Å². The van der Waals surface area contributed by atoms with Crippen LogP contribution in [0.3, 0.4) is 0 Å². The zero-order chi connectivity index (χ0) is 11.4. The Morgan fingerprint density at radius 3 is 1.81 bits per heavy atom. The maximum atomic E-state index is 10.5. The first-order chi connectivity index (χ1) is 7.77. The van der Waals surface area contributed by atoms with Crippen LogP contribution in [0.1, 0.15) is 11.4 Å². The molecule has 4 nitrogen and oxygen atoms in total. The minimum absolute atomic E-state index is 0.0427. The molecule has 0 atom stereocenters. The number of aromatic nitrogens is 2. The molecule has 2 aromatic heterocycles. The second kappa shape index (κ2) is 4.38. The molecule has 0 aliphatic carbocycles. The SMILES string of the molecule is NCC(O)(c1ccccn1)c1ccccn1. The van der Waals surface area contributed by atoms with Gasteiger partial charge < -0.3 is 10.8 Å². The Balaban J connectivity index is 2.49. The number of hydrogen-bond acceptors (Lipinski definition) is 4. The van der Waals surface area contributed by atoms with E-state index in [1.807, 2.05) is 12.1 Å². The standard InChI is InChI=1S/C12H13N3O/c13-9-12(16,10-5-1-3-7-14-10)11-6-2-4-8-15-11/h1-8,16H,9,13H2. The number of pyridine rings is 2. The molecule has 82 valence electrons. The molecule has 0 bridgehead atoms. The lowest BCUT2D eigenvalue weighted by Crippen LogP contribution is -2.37. The number of rotatable bonds is 3. The Labute approximate surface area is 93.8 Å². The summed E-state index contributed by atoms with van der Waals surface area (Å²) in [6.45, 7) is 0.0427. The van der Waals surface area contributed by atoms with Gasteiger partial charge >= 0.3 is 0 Å². The lowest BCUT2D eigenvalue weighted by atomic mass is 9.94. The van der Waals surface area contributed by atoms with Crippen LogP contribution >= 0.6 is 0 Å². The van der Waals surface area contributed by atoms with E-state index in [1.54, 1.807) is 36.7 Å². The zero-order valence-corrected chi connectivity index (χ0v) is 8.74. The molecule has 0 radical (unpaired) electrons. The summed E-state index contributed by atoms with van der Waals surface area (Å²) in [6, 6.07) is 10.7. The van der Waals surface area contributed by atoms with E-state index in [1.165, 1.54) is 0 Å². The van der Waals surface area contributed by atoms with E-state index in [4.69, 9.17) is 5.73 Å². The fourth-order valence-corrected chi connectivity index (χ4v) is 1.56. The number of hydrogen-bond donors (Lipinski definition) is 2. The topological polar surface area (TPSA) is 72.0 Å². The van der Waals surface area contributed by atoms with Crippen LogP contribution in [0.2, 0.25) is 0 Å². The van der Waals surface area contributed by atoms with E-state index >= 15 is 0 Å². The van der Waals surface area contributed by atoms with Crippen LogP contribution in [0.5, 0.6) is 0 Å². The van der Waals surface area contributed by atoms with Crippen LogP contribution in [0.4, 0.5) is 0 Å². The van der Waals surface area contributed by atoms with E-state index in [-0.39, 0.29) is 6.54 Å². The molecule has 2 rings (SSSR count). The fraction of sp³-hybridized carbons (Fsp3) is 0.167. The summed E-state index contributed by atoms with van der Waals surface area (Å²) in [4.78, 5) is 8.26. The third-order valence-corrected chi connectivity index (χ3v) is 2.47. The molecule has 0 aliphatic heterocycles. The predicted octanol–water partition coefficient (Wildman–Crippen LogP) is 0.671. The summed E-state index contributed by atoms with van der Waals surface area (Å²) < 4.78 is 0. The highest BCUT2D eigenvalue weighted by Gasteiger charge is 2.32. The van der Waals surface area contributed by atoms with Gasteiger partial charge in [-0.1, -0.05) is 12.1 Å². The molecule has 16 heavy (non-hydrogen) atoms. The van der Waals surface area contributed by atoms with Gasteiger partial charge in [-0.05, 0) is 24.3 Å². The van der Waals surface area contributed by atoms with Gasteiger partial charge in [0.15, 0.2) is 5.60 Å². The minimum Gasteiger partial charge on any atom is -0.376 e. The molecule has 0 unspecified atom stereocenters. The van der Waals surface area contributed by atoms with E-state index in [0.29, 0.717) is 11.4 Å². The molecule has 0 spiro atoms. The molecule has 0 saturated carbocycles. The average molecular weight is 215 g/mol. The molecule has 2 heterocycles.